The third kappa shape index (κ3) is 3.14. The van der Waals surface area contributed by atoms with E-state index in [1.54, 1.807) is 16.6 Å². The lowest BCUT2D eigenvalue weighted by atomic mass is 10.2. The molecule has 6 nitrogen and oxygen atoms in total. The molecule has 0 aliphatic rings. The highest BCUT2D eigenvalue weighted by Crippen LogP contribution is 2.24. The van der Waals surface area contributed by atoms with E-state index in [9.17, 15) is 9.59 Å². The van der Waals surface area contributed by atoms with Crippen molar-refractivity contribution in [2.75, 3.05) is 0 Å². The summed E-state index contributed by atoms with van der Waals surface area (Å²) in [6.07, 6.45) is 0. The molecule has 3 aromatic rings. The molecule has 2 aromatic heterocycles. The minimum atomic E-state index is -0.739. The van der Waals surface area contributed by atoms with Crippen LogP contribution in [0.15, 0.2) is 47.5 Å². The highest BCUT2D eigenvalue weighted by Gasteiger charge is 2.22. The van der Waals surface area contributed by atoms with Gasteiger partial charge in [0.2, 0.25) is 0 Å². The van der Waals surface area contributed by atoms with Crippen molar-refractivity contribution >= 4 is 29.0 Å². The summed E-state index contributed by atoms with van der Waals surface area (Å²) in [7, 11) is 0. The van der Waals surface area contributed by atoms with E-state index in [1.165, 1.54) is 13.8 Å². The second-order valence-corrected chi connectivity index (χ2v) is 6.18. The predicted octanol–water partition coefficient (Wildman–Crippen LogP) is 2.43. The lowest BCUT2D eigenvalue weighted by Gasteiger charge is -2.09. The van der Waals surface area contributed by atoms with Crippen LogP contribution in [0, 0.1) is 0 Å². The van der Waals surface area contributed by atoms with E-state index in [0.29, 0.717) is 16.5 Å². The number of ketones is 2. The molecule has 0 N–H and O–H groups in total. The largest absolute Gasteiger partial charge is 0.298 e. The highest BCUT2D eigenvalue weighted by atomic mass is 32.2. The van der Waals surface area contributed by atoms with Crippen LogP contribution in [0.4, 0.5) is 0 Å². The second-order valence-electron chi connectivity index (χ2n) is 5.05. The number of thioether (sulfide) groups is 1. The minimum absolute atomic E-state index is 0.184. The number of Topliss-reactive ketones (excluding diaryl/α,β-unsaturated/α-hetero) is 2. The van der Waals surface area contributed by atoms with Crippen LogP contribution in [0.1, 0.15) is 13.8 Å². The van der Waals surface area contributed by atoms with Gasteiger partial charge in [0.15, 0.2) is 23.0 Å². The van der Waals surface area contributed by atoms with E-state index >= 15 is 0 Å². The highest BCUT2D eigenvalue weighted by molar-refractivity contribution is 8.01. The zero-order valence-corrected chi connectivity index (χ0v) is 13.4. The van der Waals surface area contributed by atoms with E-state index in [2.05, 4.69) is 15.3 Å². The van der Waals surface area contributed by atoms with Gasteiger partial charge in [-0.25, -0.2) is 0 Å². The number of rotatable bonds is 5. The van der Waals surface area contributed by atoms with Crippen molar-refractivity contribution in [3.63, 3.8) is 0 Å². The third-order valence-electron chi connectivity index (χ3n) is 3.25. The van der Waals surface area contributed by atoms with Gasteiger partial charge in [-0.05, 0) is 26.0 Å². The Morgan fingerprint density at radius 3 is 2.35 bits per heavy atom. The number of aromatic nitrogens is 4. The number of carbonyl (C=O) groups excluding carboxylic acids is 2. The Hall–Kier alpha value is -2.54. The maximum absolute atomic E-state index is 11.6. The van der Waals surface area contributed by atoms with Crippen molar-refractivity contribution in [3.8, 4) is 11.4 Å². The molecule has 0 fully saturated rings. The first-order chi connectivity index (χ1) is 11.1. The summed E-state index contributed by atoms with van der Waals surface area (Å²) in [6, 6.07) is 13.1. The molecule has 0 atom stereocenters. The Labute approximate surface area is 136 Å². The minimum Gasteiger partial charge on any atom is -0.298 e. The molecule has 3 rings (SSSR count). The monoisotopic (exact) mass is 326 g/mol. The summed E-state index contributed by atoms with van der Waals surface area (Å²) in [6.45, 7) is 2.82. The molecule has 0 saturated carbocycles. The lowest BCUT2D eigenvalue weighted by Crippen LogP contribution is -2.22. The van der Waals surface area contributed by atoms with Crippen molar-refractivity contribution in [2.45, 2.75) is 24.1 Å². The Bertz CT molecular complexity index is 862. The predicted molar refractivity (Wildman–Crippen MR) is 87.2 cm³/mol. The van der Waals surface area contributed by atoms with Gasteiger partial charge in [-0.2, -0.15) is 9.61 Å². The van der Waals surface area contributed by atoms with E-state index in [-0.39, 0.29) is 11.6 Å². The molecule has 0 bridgehead atoms. The van der Waals surface area contributed by atoms with Crippen LogP contribution in [-0.2, 0) is 9.59 Å². The summed E-state index contributed by atoms with van der Waals surface area (Å²) in [5.74, 6) is 0.248. The van der Waals surface area contributed by atoms with Crippen LogP contribution < -0.4 is 0 Å². The Kier molecular flexibility index (Phi) is 4.20. The summed E-state index contributed by atoms with van der Waals surface area (Å²) in [5.41, 5.74) is 1.50. The van der Waals surface area contributed by atoms with E-state index in [4.69, 9.17) is 0 Å². The number of hydrogen-bond donors (Lipinski definition) is 0. The molecule has 0 aliphatic carbocycles. The molecule has 23 heavy (non-hydrogen) atoms. The Morgan fingerprint density at radius 1 is 1.00 bits per heavy atom. The van der Waals surface area contributed by atoms with E-state index in [1.807, 2.05) is 30.3 Å². The quantitative estimate of drug-likeness (QED) is 0.529. The van der Waals surface area contributed by atoms with Gasteiger partial charge in [0.25, 0.3) is 0 Å². The molecule has 0 unspecified atom stereocenters. The SMILES string of the molecule is CC(=O)C(Sc1ccc2nnc(-c3ccccc3)n2n1)C(C)=O. The zero-order chi connectivity index (χ0) is 16.4. The summed E-state index contributed by atoms with van der Waals surface area (Å²) < 4.78 is 1.62. The van der Waals surface area contributed by atoms with Crippen molar-refractivity contribution in [1.29, 1.82) is 0 Å². The average molecular weight is 326 g/mol. The van der Waals surface area contributed by atoms with Crippen LogP contribution in [0.3, 0.4) is 0 Å². The molecular weight excluding hydrogens is 312 g/mol. The summed E-state index contributed by atoms with van der Waals surface area (Å²) >= 11 is 1.14. The van der Waals surface area contributed by atoms with Gasteiger partial charge < -0.3 is 0 Å². The fraction of sp³-hybridized carbons (Fsp3) is 0.188. The van der Waals surface area contributed by atoms with Gasteiger partial charge in [-0.3, -0.25) is 9.59 Å². The molecule has 7 heteroatoms. The van der Waals surface area contributed by atoms with Crippen LogP contribution in [0.25, 0.3) is 17.0 Å². The first kappa shape index (κ1) is 15.4. The van der Waals surface area contributed by atoms with Crippen molar-refractivity contribution < 1.29 is 9.59 Å². The van der Waals surface area contributed by atoms with E-state index in [0.717, 1.165) is 17.3 Å². The Balaban J connectivity index is 2.01. The number of carbonyl (C=O) groups is 2. The number of nitrogens with zero attached hydrogens (tertiary/aromatic N) is 4. The average Bonchev–Trinajstić information content (AvgIpc) is 2.96. The molecule has 0 radical (unpaired) electrons. The van der Waals surface area contributed by atoms with Gasteiger partial charge in [0.05, 0.1) is 0 Å². The topological polar surface area (TPSA) is 77.2 Å². The van der Waals surface area contributed by atoms with Crippen molar-refractivity contribution in [2.24, 2.45) is 0 Å². The van der Waals surface area contributed by atoms with E-state index < -0.39 is 5.25 Å². The number of fused-ring (bicyclic) bond motifs is 1. The molecule has 1 aromatic carbocycles. The maximum atomic E-state index is 11.6. The van der Waals surface area contributed by atoms with Gasteiger partial charge >= 0.3 is 0 Å². The molecule has 0 aliphatic heterocycles. The first-order valence-corrected chi connectivity index (χ1v) is 7.89. The molecular formula is C16H14N4O2S. The molecule has 2 heterocycles. The number of hydrogen-bond acceptors (Lipinski definition) is 6. The summed E-state index contributed by atoms with van der Waals surface area (Å²) in [5, 5.41) is 12.6. The fourth-order valence-corrected chi connectivity index (χ4v) is 3.02. The van der Waals surface area contributed by atoms with Gasteiger partial charge in [-0.15, -0.1) is 10.2 Å². The zero-order valence-electron chi connectivity index (χ0n) is 12.6. The normalized spacial score (nSPS) is 11.1. The maximum Gasteiger partial charge on any atom is 0.185 e. The number of benzene rings is 1. The fourth-order valence-electron chi connectivity index (χ4n) is 2.18. The first-order valence-electron chi connectivity index (χ1n) is 7.01. The second kappa shape index (κ2) is 6.29. The van der Waals surface area contributed by atoms with Gasteiger partial charge in [0.1, 0.15) is 10.3 Å². The van der Waals surface area contributed by atoms with Crippen LogP contribution in [-0.4, -0.2) is 36.6 Å². The Morgan fingerprint density at radius 2 is 1.70 bits per heavy atom. The van der Waals surface area contributed by atoms with Crippen LogP contribution in [0.5, 0.6) is 0 Å². The molecule has 0 spiro atoms. The smallest absolute Gasteiger partial charge is 0.185 e. The third-order valence-corrected chi connectivity index (χ3v) is 4.61. The van der Waals surface area contributed by atoms with Gasteiger partial charge in [0, 0.05) is 5.56 Å². The van der Waals surface area contributed by atoms with Gasteiger partial charge in [-0.1, -0.05) is 42.1 Å². The van der Waals surface area contributed by atoms with Crippen molar-refractivity contribution in [1.82, 2.24) is 19.8 Å². The lowest BCUT2D eigenvalue weighted by molar-refractivity contribution is -0.123. The van der Waals surface area contributed by atoms with Crippen LogP contribution in [0.2, 0.25) is 0 Å². The molecule has 116 valence electrons. The summed E-state index contributed by atoms with van der Waals surface area (Å²) in [4.78, 5) is 23.2. The van der Waals surface area contributed by atoms with Crippen molar-refractivity contribution in [3.05, 3.63) is 42.5 Å². The molecule has 0 saturated heterocycles. The standard InChI is InChI=1S/C16H14N4O2S/c1-10(21)15(11(2)22)23-14-9-8-13-17-18-16(20(13)19-14)12-6-4-3-5-7-12/h3-9,15H,1-2H3. The molecule has 0 amide bonds. The van der Waals surface area contributed by atoms with Crippen LogP contribution >= 0.6 is 11.8 Å².